The molecule has 4 rings (SSSR count). The molecule has 0 saturated carbocycles. The molecular formula is C17H15N5O3. The molecule has 2 heterocycles. The molecule has 1 N–H and O–H groups in total. The molecule has 0 amide bonds. The van der Waals surface area contributed by atoms with Crippen molar-refractivity contribution in [3.05, 3.63) is 42.0 Å². The molecule has 0 fully saturated rings. The van der Waals surface area contributed by atoms with Crippen molar-refractivity contribution in [3.8, 4) is 5.75 Å². The topological polar surface area (TPSA) is 102 Å². The first-order valence-electron chi connectivity index (χ1n) is 7.73. The molecule has 0 bridgehead atoms. The molecule has 0 spiro atoms. The Labute approximate surface area is 142 Å². The van der Waals surface area contributed by atoms with Gasteiger partial charge in [-0.15, -0.1) is 0 Å². The van der Waals surface area contributed by atoms with Crippen LogP contribution in [-0.2, 0) is 4.79 Å². The molecule has 0 radical (unpaired) electrons. The smallest absolute Gasteiger partial charge is 0.314 e. The van der Waals surface area contributed by atoms with Gasteiger partial charge in [-0.25, -0.2) is 9.67 Å². The van der Waals surface area contributed by atoms with Gasteiger partial charge in [-0.05, 0) is 34.2 Å². The van der Waals surface area contributed by atoms with Gasteiger partial charge in [0, 0.05) is 11.3 Å². The third kappa shape index (κ3) is 2.25. The van der Waals surface area contributed by atoms with E-state index in [2.05, 4.69) is 20.5 Å². The number of carboxylic acids is 1. The Balaban J connectivity index is 2.07. The van der Waals surface area contributed by atoms with E-state index in [1.54, 1.807) is 14.0 Å². The van der Waals surface area contributed by atoms with Crippen molar-refractivity contribution in [3.63, 3.8) is 0 Å². The Morgan fingerprint density at radius 3 is 2.80 bits per heavy atom. The van der Waals surface area contributed by atoms with E-state index in [0.717, 1.165) is 16.3 Å². The van der Waals surface area contributed by atoms with E-state index in [9.17, 15) is 9.90 Å². The fourth-order valence-electron chi connectivity index (χ4n) is 3.40. The van der Waals surface area contributed by atoms with Gasteiger partial charge < -0.3 is 9.84 Å². The second kappa shape index (κ2) is 5.66. The number of fused-ring (bicyclic) bond motifs is 2. The molecule has 0 aliphatic carbocycles. The van der Waals surface area contributed by atoms with E-state index in [0.29, 0.717) is 11.5 Å². The molecule has 2 atom stereocenters. The van der Waals surface area contributed by atoms with Gasteiger partial charge in [-0.3, -0.25) is 4.79 Å². The number of tetrazole rings is 1. The van der Waals surface area contributed by atoms with Crippen molar-refractivity contribution in [2.45, 2.75) is 13.0 Å². The van der Waals surface area contributed by atoms with Gasteiger partial charge in [0.2, 0.25) is 0 Å². The molecule has 1 aromatic heterocycles. The molecule has 8 heteroatoms. The second-order valence-corrected chi connectivity index (χ2v) is 5.84. The van der Waals surface area contributed by atoms with Crippen LogP contribution >= 0.6 is 0 Å². The summed E-state index contributed by atoms with van der Waals surface area (Å²) < 4.78 is 7.00. The lowest BCUT2D eigenvalue weighted by Crippen LogP contribution is -2.36. The molecule has 0 saturated heterocycles. The number of benzene rings is 2. The van der Waals surface area contributed by atoms with Crippen molar-refractivity contribution >= 4 is 28.4 Å². The summed E-state index contributed by atoms with van der Waals surface area (Å²) in [5.74, 6) is -1.00. The summed E-state index contributed by atoms with van der Waals surface area (Å²) in [7, 11) is 1.56. The summed E-state index contributed by atoms with van der Waals surface area (Å²) in [6, 6.07) is 10.9. The summed E-state index contributed by atoms with van der Waals surface area (Å²) in [6.45, 7) is 1.68. The van der Waals surface area contributed by atoms with Crippen molar-refractivity contribution in [2.75, 3.05) is 7.11 Å². The minimum absolute atomic E-state index is 0.287. The molecule has 3 aromatic rings. The molecule has 2 aromatic carbocycles. The average molecular weight is 337 g/mol. The van der Waals surface area contributed by atoms with E-state index in [4.69, 9.17) is 4.74 Å². The highest BCUT2D eigenvalue weighted by molar-refractivity contribution is 6.03. The quantitative estimate of drug-likeness (QED) is 0.786. The highest BCUT2D eigenvalue weighted by Gasteiger charge is 2.41. The fourth-order valence-corrected chi connectivity index (χ4v) is 3.40. The Morgan fingerprint density at radius 1 is 1.24 bits per heavy atom. The number of hydrogen-bond acceptors (Lipinski definition) is 6. The summed E-state index contributed by atoms with van der Waals surface area (Å²) in [6.07, 6.45) is 0. The second-order valence-electron chi connectivity index (χ2n) is 5.84. The van der Waals surface area contributed by atoms with Crippen molar-refractivity contribution in [1.29, 1.82) is 0 Å². The number of nitrogens with zero attached hydrogens (tertiary/aromatic N) is 5. The number of hydrogen-bond donors (Lipinski definition) is 1. The Bertz CT molecular complexity index is 1010. The van der Waals surface area contributed by atoms with Crippen LogP contribution in [0.15, 0.2) is 41.4 Å². The van der Waals surface area contributed by atoms with Crippen LogP contribution in [0.2, 0.25) is 0 Å². The van der Waals surface area contributed by atoms with Crippen molar-refractivity contribution in [2.24, 2.45) is 10.9 Å². The van der Waals surface area contributed by atoms with Crippen LogP contribution < -0.4 is 4.74 Å². The highest BCUT2D eigenvalue weighted by Crippen LogP contribution is 2.42. The largest absolute Gasteiger partial charge is 0.496 e. The number of carbonyl (C=O) groups is 1. The van der Waals surface area contributed by atoms with Crippen LogP contribution in [0, 0.1) is 5.92 Å². The van der Waals surface area contributed by atoms with Crippen molar-refractivity contribution < 1.29 is 14.6 Å². The van der Waals surface area contributed by atoms with Gasteiger partial charge in [0.15, 0.2) is 0 Å². The minimum Gasteiger partial charge on any atom is -0.496 e. The van der Waals surface area contributed by atoms with Gasteiger partial charge in [-0.2, -0.15) is 0 Å². The summed E-state index contributed by atoms with van der Waals surface area (Å²) in [4.78, 5) is 16.3. The van der Waals surface area contributed by atoms with Crippen LogP contribution in [0.25, 0.3) is 10.8 Å². The lowest BCUT2D eigenvalue weighted by Gasteiger charge is -2.29. The minimum atomic E-state index is -0.984. The van der Waals surface area contributed by atoms with Gasteiger partial charge in [0.25, 0.3) is 5.95 Å². The number of carboxylic acid groups (broad SMARTS) is 1. The maximum atomic E-state index is 12.0. The first kappa shape index (κ1) is 15.3. The van der Waals surface area contributed by atoms with Gasteiger partial charge >= 0.3 is 5.97 Å². The zero-order chi connectivity index (χ0) is 17.6. The Morgan fingerprint density at radius 2 is 2.04 bits per heavy atom. The maximum Gasteiger partial charge on any atom is 0.314 e. The van der Waals surface area contributed by atoms with E-state index in [1.165, 1.54) is 4.68 Å². The summed E-state index contributed by atoms with van der Waals surface area (Å²) in [5.41, 5.74) is 1.19. The predicted octanol–water partition coefficient (Wildman–Crippen LogP) is 2.23. The summed E-state index contributed by atoms with van der Waals surface area (Å²) in [5, 5.41) is 23.3. The molecular weight excluding hydrogens is 322 g/mol. The molecule has 25 heavy (non-hydrogen) atoms. The average Bonchev–Trinajstić information content (AvgIpc) is 3.07. The molecule has 2 unspecified atom stereocenters. The maximum absolute atomic E-state index is 12.0. The first-order valence-corrected chi connectivity index (χ1v) is 7.73. The first-order chi connectivity index (χ1) is 12.1. The lowest BCUT2D eigenvalue weighted by molar-refractivity contribution is -0.140. The number of aliphatic carboxylic acids is 1. The van der Waals surface area contributed by atoms with E-state index in [1.807, 2.05) is 36.4 Å². The Kier molecular flexibility index (Phi) is 3.45. The van der Waals surface area contributed by atoms with Crippen LogP contribution in [0.5, 0.6) is 5.75 Å². The molecule has 8 nitrogen and oxygen atoms in total. The zero-order valence-corrected chi connectivity index (χ0v) is 13.6. The highest BCUT2D eigenvalue weighted by atomic mass is 16.5. The number of rotatable bonds is 3. The van der Waals surface area contributed by atoms with E-state index >= 15 is 0 Å². The van der Waals surface area contributed by atoms with E-state index in [-0.39, 0.29) is 5.95 Å². The summed E-state index contributed by atoms with van der Waals surface area (Å²) >= 11 is 0. The zero-order valence-electron chi connectivity index (χ0n) is 13.6. The molecule has 126 valence electrons. The number of aliphatic imine (C=N–C) groups is 1. The number of methoxy groups -OCH3 is 1. The van der Waals surface area contributed by atoms with Crippen molar-refractivity contribution in [1.82, 2.24) is 20.2 Å². The van der Waals surface area contributed by atoms with Gasteiger partial charge in [0.05, 0.1) is 7.11 Å². The monoisotopic (exact) mass is 337 g/mol. The fraction of sp³-hybridized carbons (Fsp3) is 0.235. The van der Waals surface area contributed by atoms with Crippen LogP contribution in [0.3, 0.4) is 0 Å². The normalized spacial score (nSPS) is 19.4. The third-order valence-electron chi connectivity index (χ3n) is 4.49. The molecule has 1 aliphatic heterocycles. The predicted molar refractivity (Wildman–Crippen MR) is 90.4 cm³/mol. The number of aromatic nitrogens is 4. The standard InChI is InChI=1S/C17H15N5O3/c1-9-13(16(23)24)15(22-17(18-9)19-20-21-22)14-11-6-4-3-5-10(11)7-8-12(14)25-2/h3-8,13,15H,1-2H3,(H,23,24). The van der Waals surface area contributed by atoms with Crippen LogP contribution in [-0.4, -0.2) is 44.1 Å². The third-order valence-corrected chi connectivity index (χ3v) is 4.49. The van der Waals surface area contributed by atoms with Gasteiger partial charge in [-0.1, -0.05) is 35.4 Å². The van der Waals surface area contributed by atoms with Gasteiger partial charge in [0.1, 0.15) is 17.7 Å². The molecule has 1 aliphatic rings. The van der Waals surface area contributed by atoms with Crippen LogP contribution in [0.4, 0.5) is 5.95 Å². The Hall–Kier alpha value is -3.29. The number of ether oxygens (including phenoxy) is 1. The lowest BCUT2D eigenvalue weighted by atomic mass is 9.85. The SMILES string of the molecule is COc1ccc2ccccc2c1C1C(C(=O)O)C(C)=Nc2nnnn21. The van der Waals surface area contributed by atoms with Crippen LogP contribution in [0.1, 0.15) is 18.5 Å². The van der Waals surface area contributed by atoms with E-state index < -0.39 is 17.9 Å².